The average molecular weight is 465 g/mol. The molecule has 0 aliphatic heterocycles. The fourth-order valence-corrected chi connectivity index (χ4v) is 3.21. The predicted molar refractivity (Wildman–Crippen MR) is 109 cm³/mol. The standard InChI is InChI=1S/C21H13ClF4N4O2/c1-32-17-8-12(22)4-7-15(17)29-20(31)14-10-27-30-18(21(24,25)26)9-16(28-19(14)30)11-2-5-13(23)6-3-11/h2-10H,1H3,(H,29,31). The lowest BCUT2D eigenvalue weighted by molar-refractivity contribution is -0.142. The number of nitrogens with zero attached hydrogens (tertiary/aromatic N) is 3. The number of hydrogen-bond acceptors (Lipinski definition) is 4. The number of amides is 1. The molecule has 11 heteroatoms. The number of benzene rings is 2. The lowest BCUT2D eigenvalue weighted by Crippen LogP contribution is -2.16. The van der Waals surface area contributed by atoms with Crippen LogP contribution in [0.25, 0.3) is 16.9 Å². The van der Waals surface area contributed by atoms with Gasteiger partial charge < -0.3 is 10.1 Å². The minimum Gasteiger partial charge on any atom is -0.495 e. The van der Waals surface area contributed by atoms with E-state index in [1.807, 2.05) is 0 Å². The quantitative estimate of drug-likeness (QED) is 0.407. The maximum atomic E-state index is 13.7. The van der Waals surface area contributed by atoms with Crippen LogP contribution in [-0.4, -0.2) is 27.6 Å². The first-order valence-corrected chi connectivity index (χ1v) is 9.42. The smallest absolute Gasteiger partial charge is 0.433 e. The molecule has 6 nitrogen and oxygen atoms in total. The second-order valence-electron chi connectivity index (χ2n) is 6.62. The Morgan fingerprint density at radius 3 is 2.50 bits per heavy atom. The highest BCUT2D eigenvalue weighted by Gasteiger charge is 2.36. The van der Waals surface area contributed by atoms with Crippen LogP contribution >= 0.6 is 11.6 Å². The fourth-order valence-electron chi connectivity index (χ4n) is 3.05. The highest BCUT2D eigenvalue weighted by molar-refractivity contribution is 6.30. The second-order valence-corrected chi connectivity index (χ2v) is 7.06. The van der Waals surface area contributed by atoms with Gasteiger partial charge in [-0.1, -0.05) is 11.6 Å². The zero-order valence-electron chi connectivity index (χ0n) is 16.2. The average Bonchev–Trinajstić information content (AvgIpc) is 3.18. The summed E-state index contributed by atoms with van der Waals surface area (Å²) in [6.45, 7) is 0. The van der Waals surface area contributed by atoms with E-state index in [2.05, 4.69) is 15.4 Å². The molecule has 0 radical (unpaired) electrons. The monoisotopic (exact) mass is 464 g/mol. The lowest BCUT2D eigenvalue weighted by atomic mass is 10.1. The number of hydrogen-bond donors (Lipinski definition) is 1. The van der Waals surface area contributed by atoms with Gasteiger partial charge in [0.05, 0.1) is 24.7 Å². The summed E-state index contributed by atoms with van der Waals surface area (Å²) in [5.74, 6) is -1.04. The number of carbonyl (C=O) groups excluding carboxylic acids is 1. The van der Waals surface area contributed by atoms with Crippen LogP contribution in [0.3, 0.4) is 0 Å². The number of nitrogens with one attached hydrogen (secondary N) is 1. The molecule has 164 valence electrons. The first-order chi connectivity index (χ1) is 15.2. The number of alkyl halides is 3. The van der Waals surface area contributed by atoms with Gasteiger partial charge in [0.1, 0.15) is 17.1 Å². The van der Waals surface area contributed by atoms with Gasteiger partial charge in [-0.3, -0.25) is 4.79 Å². The Morgan fingerprint density at radius 1 is 1.12 bits per heavy atom. The largest absolute Gasteiger partial charge is 0.495 e. The minimum absolute atomic E-state index is 0.0940. The summed E-state index contributed by atoms with van der Waals surface area (Å²) < 4.78 is 60.0. The molecule has 1 amide bonds. The van der Waals surface area contributed by atoms with Crippen molar-refractivity contribution < 1.29 is 27.1 Å². The number of fused-ring (bicyclic) bond motifs is 1. The van der Waals surface area contributed by atoms with Crippen molar-refractivity contribution in [3.05, 3.63) is 76.8 Å². The van der Waals surface area contributed by atoms with Gasteiger partial charge in [-0.25, -0.2) is 13.9 Å². The van der Waals surface area contributed by atoms with Gasteiger partial charge >= 0.3 is 6.18 Å². The molecule has 2 aromatic carbocycles. The van der Waals surface area contributed by atoms with Crippen LogP contribution in [0.1, 0.15) is 16.1 Å². The molecule has 0 saturated carbocycles. The van der Waals surface area contributed by atoms with E-state index in [-0.39, 0.29) is 33.9 Å². The number of halogens is 5. The third-order valence-electron chi connectivity index (χ3n) is 4.56. The zero-order chi connectivity index (χ0) is 23.0. The molecule has 0 bridgehead atoms. The Hall–Kier alpha value is -3.66. The van der Waals surface area contributed by atoms with Crippen LogP contribution in [0.15, 0.2) is 54.7 Å². The van der Waals surface area contributed by atoms with Gasteiger partial charge in [0.2, 0.25) is 0 Å². The van der Waals surface area contributed by atoms with Crippen molar-refractivity contribution in [3.8, 4) is 17.0 Å². The summed E-state index contributed by atoms with van der Waals surface area (Å²) in [5, 5.41) is 6.65. The van der Waals surface area contributed by atoms with E-state index in [1.54, 1.807) is 0 Å². The number of carbonyl (C=O) groups is 1. The van der Waals surface area contributed by atoms with Gasteiger partial charge in [0.25, 0.3) is 5.91 Å². The van der Waals surface area contributed by atoms with Gasteiger partial charge in [-0.2, -0.15) is 18.3 Å². The molecule has 0 unspecified atom stereocenters. The summed E-state index contributed by atoms with van der Waals surface area (Å²) in [5.41, 5.74) is -1.24. The molecular weight excluding hydrogens is 452 g/mol. The predicted octanol–water partition coefficient (Wildman–Crippen LogP) is 5.47. The SMILES string of the molecule is COc1cc(Cl)ccc1NC(=O)c1cnn2c(C(F)(F)F)cc(-c3ccc(F)cc3)nc12. The van der Waals surface area contributed by atoms with Gasteiger partial charge in [-0.15, -0.1) is 0 Å². The molecule has 0 aliphatic carbocycles. The maximum Gasteiger partial charge on any atom is 0.433 e. The molecule has 4 rings (SSSR count). The van der Waals surface area contributed by atoms with Crippen molar-refractivity contribution >= 4 is 28.8 Å². The van der Waals surface area contributed by atoms with Crippen molar-refractivity contribution in [1.82, 2.24) is 14.6 Å². The van der Waals surface area contributed by atoms with Crippen molar-refractivity contribution in [1.29, 1.82) is 0 Å². The Balaban J connectivity index is 1.83. The fraction of sp³-hybridized carbons (Fsp3) is 0.0952. The third kappa shape index (κ3) is 4.09. The highest BCUT2D eigenvalue weighted by Crippen LogP contribution is 2.33. The lowest BCUT2D eigenvalue weighted by Gasteiger charge is -2.12. The molecule has 0 spiro atoms. The molecule has 2 heterocycles. The maximum absolute atomic E-state index is 13.7. The zero-order valence-corrected chi connectivity index (χ0v) is 17.0. The topological polar surface area (TPSA) is 68.5 Å². The van der Waals surface area contributed by atoms with E-state index < -0.39 is 23.6 Å². The van der Waals surface area contributed by atoms with Crippen molar-refractivity contribution in [2.45, 2.75) is 6.18 Å². The van der Waals surface area contributed by atoms with E-state index in [1.165, 1.54) is 37.4 Å². The number of anilines is 1. The normalized spacial score (nSPS) is 11.6. The van der Waals surface area contributed by atoms with E-state index >= 15 is 0 Å². The molecule has 1 N–H and O–H groups in total. The van der Waals surface area contributed by atoms with Crippen LogP contribution in [0.4, 0.5) is 23.2 Å². The Labute approximate surface area is 183 Å². The van der Waals surface area contributed by atoms with E-state index in [0.717, 1.165) is 24.4 Å². The Bertz CT molecular complexity index is 1320. The van der Waals surface area contributed by atoms with Crippen LogP contribution < -0.4 is 10.1 Å². The Morgan fingerprint density at radius 2 is 1.84 bits per heavy atom. The second kappa shape index (κ2) is 8.12. The molecule has 4 aromatic rings. The number of ether oxygens (including phenoxy) is 1. The Kier molecular flexibility index (Phi) is 5.47. The number of methoxy groups -OCH3 is 1. The minimum atomic E-state index is -4.78. The molecule has 0 aliphatic rings. The van der Waals surface area contributed by atoms with Crippen molar-refractivity contribution in [2.75, 3.05) is 12.4 Å². The molecule has 32 heavy (non-hydrogen) atoms. The first kappa shape index (κ1) is 21.6. The third-order valence-corrected chi connectivity index (χ3v) is 4.79. The molecule has 0 atom stereocenters. The van der Waals surface area contributed by atoms with E-state index in [9.17, 15) is 22.4 Å². The molecule has 0 fully saturated rings. The van der Waals surface area contributed by atoms with Crippen molar-refractivity contribution in [2.24, 2.45) is 0 Å². The number of rotatable bonds is 4. The summed E-state index contributed by atoms with van der Waals surface area (Å²) in [6.07, 6.45) is -3.79. The summed E-state index contributed by atoms with van der Waals surface area (Å²) >= 11 is 5.91. The summed E-state index contributed by atoms with van der Waals surface area (Å²) in [4.78, 5) is 17.1. The summed E-state index contributed by atoms with van der Waals surface area (Å²) in [6, 6.07) is 10.1. The van der Waals surface area contributed by atoms with Crippen LogP contribution in [0.2, 0.25) is 5.02 Å². The van der Waals surface area contributed by atoms with E-state index in [0.29, 0.717) is 9.54 Å². The molecule has 2 aromatic heterocycles. The van der Waals surface area contributed by atoms with Gasteiger partial charge in [0, 0.05) is 16.7 Å². The number of aromatic nitrogens is 3. The first-order valence-electron chi connectivity index (χ1n) is 9.04. The van der Waals surface area contributed by atoms with Crippen LogP contribution in [-0.2, 0) is 6.18 Å². The van der Waals surface area contributed by atoms with Crippen molar-refractivity contribution in [3.63, 3.8) is 0 Å². The van der Waals surface area contributed by atoms with Gasteiger partial charge in [-0.05, 0) is 42.5 Å². The highest BCUT2D eigenvalue weighted by atomic mass is 35.5. The van der Waals surface area contributed by atoms with E-state index in [4.69, 9.17) is 16.3 Å². The van der Waals surface area contributed by atoms with Gasteiger partial charge in [0.15, 0.2) is 11.3 Å². The summed E-state index contributed by atoms with van der Waals surface area (Å²) in [7, 11) is 1.38. The molecule has 0 saturated heterocycles. The van der Waals surface area contributed by atoms with Crippen LogP contribution in [0.5, 0.6) is 5.75 Å². The molecular formula is C21H13ClF4N4O2. The van der Waals surface area contributed by atoms with Crippen LogP contribution in [0, 0.1) is 5.82 Å².